The third kappa shape index (κ3) is 5.70. The zero-order chi connectivity index (χ0) is 15.0. The molecule has 0 saturated carbocycles. The molecule has 1 aromatic carbocycles. The minimum Gasteiger partial charge on any atom is -0.380 e. The highest BCUT2D eigenvalue weighted by Gasteiger charge is 2.09. The first-order valence-electron chi connectivity index (χ1n) is 7.43. The van der Waals surface area contributed by atoms with Crippen molar-refractivity contribution >= 4 is 17.3 Å². The molecule has 3 nitrogen and oxygen atoms in total. The van der Waals surface area contributed by atoms with Gasteiger partial charge in [-0.1, -0.05) is 31.5 Å². The maximum absolute atomic E-state index is 6.42. The SMILES string of the molecule is CCOCCN(CC)c1ccc(CNC(C)C)cc1Cl. The van der Waals surface area contributed by atoms with Crippen LogP contribution in [0.25, 0.3) is 0 Å². The van der Waals surface area contributed by atoms with E-state index in [0.717, 1.165) is 43.6 Å². The average Bonchev–Trinajstić information content (AvgIpc) is 2.42. The van der Waals surface area contributed by atoms with Crippen LogP contribution in [0.4, 0.5) is 5.69 Å². The molecule has 0 fully saturated rings. The van der Waals surface area contributed by atoms with E-state index >= 15 is 0 Å². The van der Waals surface area contributed by atoms with Crippen LogP contribution in [-0.4, -0.2) is 32.3 Å². The summed E-state index contributed by atoms with van der Waals surface area (Å²) in [6.45, 7) is 12.6. The molecule has 0 saturated heterocycles. The zero-order valence-electron chi connectivity index (χ0n) is 13.1. The van der Waals surface area contributed by atoms with Crippen LogP contribution < -0.4 is 10.2 Å². The van der Waals surface area contributed by atoms with Gasteiger partial charge in [0.25, 0.3) is 0 Å². The zero-order valence-corrected chi connectivity index (χ0v) is 13.8. The molecule has 0 bridgehead atoms. The van der Waals surface area contributed by atoms with E-state index in [-0.39, 0.29) is 0 Å². The highest BCUT2D eigenvalue weighted by molar-refractivity contribution is 6.33. The van der Waals surface area contributed by atoms with Crippen LogP contribution >= 0.6 is 11.6 Å². The van der Waals surface area contributed by atoms with Gasteiger partial charge in [0.2, 0.25) is 0 Å². The molecular weight excluding hydrogens is 272 g/mol. The summed E-state index contributed by atoms with van der Waals surface area (Å²) in [4.78, 5) is 2.25. The van der Waals surface area contributed by atoms with E-state index in [9.17, 15) is 0 Å². The molecule has 0 aliphatic carbocycles. The van der Waals surface area contributed by atoms with Crippen molar-refractivity contribution in [3.63, 3.8) is 0 Å². The Bertz CT molecular complexity index is 396. The molecule has 0 aliphatic heterocycles. The quantitative estimate of drug-likeness (QED) is 0.704. The minimum absolute atomic E-state index is 0.479. The van der Waals surface area contributed by atoms with Crippen LogP contribution in [0.3, 0.4) is 0 Å². The number of halogens is 1. The number of nitrogens with one attached hydrogen (secondary N) is 1. The van der Waals surface area contributed by atoms with Crippen molar-refractivity contribution in [3.8, 4) is 0 Å². The minimum atomic E-state index is 0.479. The number of nitrogens with zero attached hydrogens (tertiary/aromatic N) is 1. The monoisotopic (exact) mass is 298 g/mol. The van der Waals surface area contributed by atoms with E-state index in [2.05, 4.69) is 49.2 Å². The van der Waals surface area contributed by atoms with Gasteiger partial charge in [0.1, 0.15) is 0 Å². The number of hydrogen-bond acceptors (Lipinski definition) is 3. The molecule has 0 atom stereocenters. The van der Waals surface area contributed by atoms with Gasteiger partial charge in [-0.2, -0.15) is 0 Å². The maximum atomic E-state index is 6.42. The van der Waals surface area contributed by atoms with Gasteiger partial charge < -0.3 is 15.0 Å². The van der Waals surface area contributed by atoms with Crippen molar-refractivity contribution in [1.29, 1.82) is 0 Å². The van der Waals surface area contributed by atoms with Crippen molar-refractivity contribution in [2.75, 3.05) is 31.2 Å². The second-order valence-electron chi connectivity index (χ2n) is 5.10. The standard InChI is InChI=1S/C16H27ClN2O/c1-5-19(9-10-20-6-2)16-8-7-14(11-15(16)17)12-18-13(3)4/h7-8,11,13,18H,5-6,9-10,12H2,1-4H3. The van der Waals surface area contributed by atoms with E-state index in [1.165, 1.54) is 5.56 Å². The lowest BCUT2D eigenvalue weighted by atomic mass is 10.2. The average molecular weight is 299 g/mol. The van der Waals surface area contributed by atoms with Crippen LogP contribution in [-0.2, 0) is 11.3 Å². The summed E-state index contributed by atoms with van der Waals surface area (Å²) in [5.74, 6) is 0. The number of likely N-dealkylation sites (N-methyl/N-ethyl adjacent to an activating group) is 1. The van der Waals surface area contributed by atoms with Crippen LogP contribution in [0.2, 0.25) is 5.02 Å². The summed E-state index contributed by atoms with van der Waals surface area (Å²) >= 11 is 6.42. The molecule has 0 aliphatic rings. The van der Waals surface area contributed by atoms with Gasteiger partial charge in [0, 0.05) is 32.3 Å². The molecule has 0 unspecified atom stereocenters. The Labute approximate surface area is 128 Å². The summed E-state index contributed by atoms with van der Waals surface area (Å²) in [7, 11) is 0. The topological polar surface area (TPSA) is 24.5 Å². The van der Waals surface area contributed by atoms with Gasteiger partial charge in [-0.3, -0.25) is 0 Å². The lowest BCUT2D eigenvalue weighted by Crippen LogP contribution is -2.27. The van der Waals surface area contributed by atoms with E-state index in [1.807, 2.05) is 6.92 Å². The number of hydrogen-bond donors (Lipinski definition) is 1. The molecule has 1 N–H and O–H groups in total. The summed E-state index contributed by atoms with van der Waals surface area (Å²) < 4.78 is 5.42. The van der Waals surface area contributed by atoms with Gasteiger partial charge in [-0.25, -0.2) is 0 Å². The van der Waals surface area contributed by atoms with Crippen LogP contribution in [0.5, 0.6) is 0 Å². The molecule has 114 valence electrons. The van der Waals surface area contributed by atoms with Crippen molar-refractivity contribution < 1.29 is 4.74 Å². The fraction of sp³-hybridized carbons (Fsp3) is 0.625. The van der Waals surface area contributed by atoms with Gasteiger partial charge in [0.05, 0.1) is 17.3 Å². The first-order chi connectivity index (χ1) is 9.58. The summed E-state index contributed by atoms with van der Waals surface area (Å²) in [5.41, 5.74) is 2.30. The summed E-state index contributed by atoms with van der Waals surface area (Å²) in [5, 5.41) is 4.21. The summed E-state index contributed by atoms with van der Waals surface area (Å²) in [6.07, 6.45) is 0. The fourth-order valence-electron chi connectivity index (χ4n) is 2.01. The van der Waals surface area contributed by atoms with E-state index in [4.69, 9.17) is 16.3 Å². The third-order valence-electron chi connectivity index (χ3n) is 3.16. The van der Waals surface area contributed by atoms with Gasteiger partial charge in [-0.15, -0.1) is 0 Å². The van der Waals surface area contributed by atoms with Crippen molar-refractivity contribution in [1.82, 2.24) is 5.32 Å². The molecule has 0 aromatic heterocycles. The molecule has 0 radical (unpaired) electrons. The van der Waals surface area contributed by atoms with Crippen LogP contribution in [0.15, 0.2) is 18.2 Å². The van der Waals surface area contributed by atoms with E-state index in [1.54, 1.807) is 0 Å². The molecule has 0 spiro atoms. The molecule has 1 rings (SSSR count). The van der Waals surface area contributed by atoms with E-state index < -0.39 is 0 Å². The number of ether oxygens (including phenoxy) is 1. The Morgan fingerprint density at radius 2 is 2.05 bits per heavy atom. The Morgan fingerprint density at radius 3 is 2.60 bits per heavy atom. The molecule has 20 heavy (non-hydrogen) atoms. The first-order valence-corrected chi connectivity index (χ1v) is 7.80. The van der Waals surface area contributed by atoms with Crippen LogP contribution in [0, 0.1) is 0 Å². The Kier molecular flexibility index (Phi) is 7.97. The Balaban J connectivity index is 2.69. The molecule has 0 heterocycles. The van der Waals surface area contributed by atoms with E-state index in [0.29, 0.717) is 6.04 Å². The molecule has 0 amide bonds. The normalized spacial score (nSPS) is 11.1. The van der Waals surface area contributed by atoms with Crippen molar-refractivity contribution in [3.05, 3.63) is 28.8 Å². The third-order valence-corrected chi connectivity index (χ3v) is 3.46. The molecule has 1 aromatic rings. The second-order valence-corrected chi connectivity index (χ2v) is 5.51. The molecule has 4 heteroatoms. The van der Waals surface area contributed by atoms with Gasteiger partial charge in [0.15, 0.2) is 0 Å². The smallest absolute Gasteiger partial charge is 0.0642 e. The number of benzene rings is 1. The first kappa shape index (κ1) is 17.3. The predicted molar refractivity (Wildman–Crippen MR) is 87.8 cm³/mol. The lowest BCUT2D eigenvalue weighted by Gasteiger charge is -2.24. The van der Waals surface area contributed by atoms with Crippen molar-refractivity contribution in [2.24, 2.45) is 0 Å². The Morgan fingerprint density at radius 1 is 1.30 bits per heavy atom. The summed E-state index contributed by atoms with van der Waals surface area (Å²) in [6, 6.07) is 6.77. The highest BCUT2D eigenvalue weighted by Crippen LogP contribution is 2.26. The van der Waals surface area contributed by atoms with Crippen molar-refractivity contribution in [2.45, 2.75) is 40.3 Å². The van der Waals surface area contributed by atoms with Gasteiger partial charge in [-0.05, 0) is 31.5 Å². The largest absolute Gasteiger partial charge is 0.380 e. The lowest BCUT2D eigenvalue weighted by molar-refractivity contribution is 0.154. The van der Waals surface area contributed by atoms with Gasteiger partial charge >= 0.3 is 0 Å². The number of anilines is 1. The number of rotatable bonds is 9. The highest BCUT2D eigenvalue weighted by atomic mass is 35.5. The van der Waals surface area contributed by atoms with Crippen LogP contribution in [0.1, 0.15) is 33.3 Å². The maximum Gasteiger partial charge on any atom is 0.0642 e. The second kappa shape index (κ2) is 9.22. The fourth-order valence-corrected chi connectivity index (χ4v) is 2.33. The Hall–Kier alpha value is -0.770. The predicted octanol–water partition coefficient (Wildman–Crippen LogP) is 3.70. The molecular formula is C16H27ClN2O.